The summed E-state index contributed by atoms with van der Waals surface area (Å²) in [5, 5.41) is 75.4. The number of rotatable bonds is 13. The van der Waals surface area contributed by atoms with Crippen LogP contribution in [-0.4, -0.2) is 107 Å². The van der Waals surface area contributed by atoms with Gasteiger partial charge in [0.15, 0.2) is 18.3 Å². The van der Waals surface area contributed by atoms with Gasteiger partial charge in [0.05, 0.1) is 19.3 Å². The van der Waals surface area contributed by atoms with Crippen LogP contribution in [0.2, 0.25) is 0 Å². The van der Waals surface area contributed by atoms with Crippen LogP contribution in [0.25, 0.3) is 0 Å². The van der Waals surface area contributed by atoms with Crippen molar-refractivity contribution >= 4 is 47.8 Å². The monoisotopic (exact) mass is 487 g/mol. The van der Waals surface area contributed by atoms with Gasteiger partial charge in [-0.15, -0.1) is 0 Å². The van der Waals surface area contributed by atoms with E-state index in [1.165, 1.54) is 0 Å². The number of carbonyl (C=O) groups is 8. The first-order valence-corrected chi connectivity index (χ1v) is 7.93. The fraction of sp³-hybridized carbons (Fsp3) is 0.467. The molecule has 0 aromatic rings. The van der Waals surface area contributed by atoms with Gasteiger partial charge < -0.3 is 45.6 Å². The van der Waals surface area contributed by atoms with Gasteiger partial charge in [0, 0.05) is 0 Å². The van der Waals surface area contributed by atoms with Crippen LogP contribution in [0.4, 0.5) is 0 Å². The number of aliphatic carboxylic acids is 8. The van der Waals surface area contributed by atoms with Crippen molar-refractivity contribution < 1.29 is 89.1 Å². The van der Waals surface area contributed by atoms with E-state index in [1.807, 2.05) is 0 Å². The molecular weight excluding hydrogens is 468 g/mol. The molecule has 0 aliphatic rings. The van der Waals surface area contributed by atoms with Crippen LogP contribution in [-0.2, 0) is 48.2 Å². The van der Waals surface area contributed by atoms with Crippen LogP contribution in [0, 0.1) is 0 Å². The lowest BCUT2D eigenvalue weighted by atomic mass is 9.94. The number of ether oxygens (including phenoxy) is 1. The van der Waals surface area contributed by atoms with Gasteiger partial charge in [-0.1, -0.05) is 0 Å². The Kier molecular flexibility index (Phi) is 16.5. The van der Waals surface area contributed by atoms with Crippen molar-refractivity contribution in [2.45, 2.75) is 37.4 Å². The SMILES string of the molecule is O=C(O)CC(=O)O.O=C(O)CC(OC(CC(=O)O)(CC(=O)O)C(=O)O)C(=O)O.[O]CC(=O)O. The van der Waals surface area contributed by atoms with E-state index in [-0.39, 0.29) is 0 Å². The normalized spacial score (nSPS) is 10.7. The van der Waals surface area contributed by atoms with Gasteiger partial charge in [-0.05, 0) is 0 Å². The highest BCUT2D eigenvalue weighted by atomic mass is 16.6. The second-order valence-electron chi connectivity index (χ2n) is 5.49. The first kappa shape index (κ1) is 33.3. The van der Waals surface area contributed by atoms with Crippen molar-refractivity contribution in [1.29, 1.82) is 0 Å². The second-order valence-corrected chi connectivity index (χ2v) is 5.49. The lowest BCUT2D eigenvalue weighted by molar-refractivity contribution is -0.194. The van der Waals surface area contributed by atoms with Gasteiger partial charge >= 0.3 is 47.8 Å². The molecule has 187 valence electrons. The Morgan fingerprint density at radius 3 is 1.12 bits per heavy atom. The van der Waals surface area contributed by atoms with Crippen molar-refractivity contribution in [1.82, 2.24) is 0 Å². The van der Waals surface area contributed by atoms with E-state index in [9.17, 15) is 33.6 Å². The fourth-order valence-corrected chi connectivity index (χ4v) is 1.58. The molecule has 0 saturated carbocycles. The fourth-order valence-electron chi connectivity index (χ4n) is 1.58. The predicted octanol–water partition coefficient (Wildman–Crippen LogP) is -2.25. The zero-order valence-corrected chi connectivity index (χ0v) is 16.3. The van der Waals surface area contributed by atoms with E-state index >= 15 is 0 Å². The van der Waals surface area contributed by atoms with Gasteiger partial charge in [-0.25, -0.2) is 19.5 Å². The Bertz CT molecular complexity index is 724. The second kappa shape index (κ2) is 16.4. The highest BCUT2D eigenvalue weighted by molar-refractivity contribution is 5.89. The van der Waals surface area contributed by atoms with Crippen molar-refractivity contribution in [3.8, 4) is 0 Å². The van der Waals surface area contributed by atoms with Crippen molar-refractivity contribution in [2.24, 2.45) is 0 Å². The molecule has 0 heterocycles. The third-order valence-corrected chi connectivity index (χ3v) is 2.69. The molecule has 0 aromatic heterocycles. The van der Waals surface area contributed by atoms with Crippen molar-refractivity contribution in [2.75, 3.05) is 6.61 Å². The van der Waals surface area contributed by atoms with Crippen LogP contribution < -0.4 is 0 Å². The first-order chi connectivity index (χ1) is 14.9. The highest BCUT2D eigenvalue weighted by Crippen LogP contribution is 2.25. The van der Waals surface area contributed by atoms with E-state index in [1.54, 1.807) is 0 Å². The molecule has 8 N–H and O–H groups in total. The van der Waals surface area contributed by atoms with Gasteiger partial charge in [-0.2, -0.15) is 0 Å². The van der Waals surface area contributed by atoms with E-state index in [0.29, 0.717) is 0 Å². The molecule has 1 unspecified atom stereocenters. The van der Waals surface area contributed by atoms with Crippen LogP contribution in [0.3, 0.4) is 0 Å². The Labute approximate surface area is 181 Å². The van der Waals surface area contributed by atoms with Crippen molar-refractivity contribution in [3.05, 3.63) is 0 Å². The summed E-state index contributed by atoms with van der Waals surface area (Å²) in [5.41, 5.74) is -2.89. The average Bonchev–Trinajstić information content (AvgIpc) is 2.59. The van der Waals surface area contributed by atoms with Crippen LogP contribution >= 0.6 is 0 Å². The summed E-state index contributed by atoms with van der Waals surface area (Å²) >= 11 is 0. The smallest absolute Gasteiger partial charge is 0.337 e. The molecule has 0 spiro atoms. The zero-order chi connectivity index (χ0) is 26.9. The third kappa shape index (κ3) is 19.4. The van der Waals surface area contributed by atoms with Crippen LogP contribution in [0.5, 0.6) is 0 Å². The predicted molar refractivity (Wildman–Crippen MR) is 92.7 cm³/mol. The number of hydrogen-bond acceptors (Lipinski definition) is 9. The molecule has 0 saturated heterocycles. The lowest BCUT2D eigenvalue weighted by Crippen LogP contribution is -2.49. The molecule has 0 aromatic carbocycles. The zero-order valence-electron chi connectivity index (χ0n) is 16.3. The topological polar surface area (TPSA) is 328 Å². The van der Waals surface area contributed by atoms with Gasteiger partial charge in [-0.3, -0.25) is 24.0 Å². The van der Waals surface area contributed by atoms with E-state index in [4.69, 9.17) is 50.8 Å². The summed E-state index contributed by atoms with van der Waals surface area (Å²) in [6.45, 7) is -1.03. The first-order valence-electron chi connectivity index (χ1n) is 7.93. The summed E-state index contributed by atoms with van der Waals surface area (Å²) in [6.07, 6.45) is -6.88. The summed E-state index contributed by atoms with van der Waals surface area (Å²) in [7, 11) is 0. The maximum Gasteiger partial charge on any atom is 0.337 e. The maximum absolute atomic E-state index is 11.1. The minimum Gasteiger partial charge on any atom is -0.481 e. The quantitative estimate of drug-likeness (QED) is 0.127. The molecule has 0 fully saturated rings. The minimum atomic E-state index is -2.89. The Morgan fingerprint density at radius 2 is 0.970 bits per heavy atom. The number of hydrogen-bond donors (Lipinski definition) is 8. The molecule has 18 nitrogen and oxygen atoms in total. The summed E-state index contributed by atoms with van der Waals surface area (Å²) in [6, 6.07) is 0. The number of carboxylic acid groups (broad SMARTS) is 8. The summed E-state index contributed by atoms with van der Waals surface area (Å²) in [5.74, 6) is -13.0. The van der Waals surface area contributed by atoms with Crippen LogP contribution in [0.1, 0.15) is 25.7 Å². The molecule has 33 heavy (non-hydrogen) atoms. The largest absolute Gasteiger partial charge is 0.481 e. The minimum absolute atomic E-state index is 0.806. The van der Waals surface area contributed by atoms with Crippen LogP contribution in [0.15, 0.2) is 0 Å². The molecular formula is C15H19O18. The Hall–Kier alpha value is -4.32. The van der Waals surface area contributed by atoms with E-state index in [0.717, 1.165) is 0 Å². The number of carboxylic acids is 8. The molecule has 0 aliphatic heterocycles. The summed E-state index contributed by atoms with van der Waals surface area (Å²) < 4.78 is 4.55. The Balaban J connectivity index is -0.000000612. The van der Waals surface area contributed by atoms with Gasteiger partial charge in [0.25, 0.3) is 0 Å². The van der Waals surface area contributed by atoms with Gasteiger partial charge in [0.1, 0.15) is 6.42 Å². The van der Waals surface area contributed by atoms with E-state index < -0.39 is 91.7 Å². The molecule has 0 bridgehead atoms. The molecule has 0 aliphatic carbocycles. The van der Waals surface area contributed by atoms with E-state index in [2.05, 4.69) is 4.74 Å². The third-order valence-electron chi connectivity index (χ3n) is 2.69. The molecule has 18 heteroatoms. The highest BCUT2D eigenvalue weighted by Gasteiger charge is 2.47. The Morgan fingerprint density at radius 1 is 0.606 bits per heavy atom. The lowest BCUT2D eigenvalue weighted by Gasteiger charge is -2.29. The maximum atomic E-state index is 11.1. The summed E-state index contributed by atoms with van der Waals surface area (Å²) in [4.78, 5) is 81.7. The standard InChI is InChI=1S/C10H12O11.C3H4O4.C2H3O3/c11-5(12)1-4(8(17)18)21-10(9(19)20,2-6(13)14)3-7(15)16;4-2(5)1-3(6)7;3-1-2(4)5/h4H,1-3H2,(H,11,12)(H,13,14)(H,15,16)(H,17,18)(H,19,20);1H2,(H,4,5)(H,6,7);1H2,(H,4,5). The average molecular weight is 487 g/mol. The molecule has 0 amide bonds. The van der Waals surface area contributed by atoms with Crippen molar-refractivity contribution in [3.63, 3.8) is 0 Å². The molecule has 1 atom stereocenters. The molecule has 0 rings (SSSR count). The van der Waals surface area contributed by atoms with Gasteiger partial charge in [0.2, 0.25) is 0 Å². The molecule has 1 radical (unpaired) electrons.